The first-order chi connectivity index (χ1) is 9.49. The normalized spacial score (nSPS) is 12.0. The predicted octanol–water partition coefficient (Wildman–Crippen LogP) is 0.478. The van der Waals surface area contributed by atoms with Crippen molar-refractivity contribution in [3.63, 3.8) is 0 Å². The van der Waals surface area contributed by atoms with E-state index >= 15 is 0 Å². The Balaban J connectivity index is 2.28. The maximum absolute atomic E-state index is 11.5. The number of nitrogens with one attached hydrogen (secondary N) is 2. The highest BCUT2D eigenvalue weighted by Gasteiger charge is 2.14. The Morgan fingerprint density at radius 1 is 1.05 bits per heavy atom. The number of carbonyl (C=O) groups excluding carboxylic acids is 2. The van der Waals surface area contributed by atoms with Crippen LogP contribution in [0.2, 0.25) is 0 Å². The number of benzene rings is 1. The Kier molecular flexibility index (Phi) is 6.73. The van der Waals surface area contributed by atoms with E-state index in [0.29, 0.717) is 13.0 Å². The van der Waals surface area contributed by atoms with E-state index in [4.69, 9.17) is 0 Å². The van der Waals surface area contributed by atoms with Crippen LogP contribution in [0, 0.1) is 5.92 Å². The molecule has 2 amide bonds. The van der Waals surface area contributed by atoms with Crippen LogP contribution in [0.25, 0.3) is 0 Å². The monoisotopic (exact) mass is 278 g/mol. The molecule has 0 aliphatic carbocycles. The Morgan fingerprint density at radius 2 is 1.60 bits per heavy atom. The molecule has 1 atom stereocenters. The molecule has 110 valence electrons. The highest BCUT2D eigenvalue weighted by molar-refractivity contribution is 6.35. The maximum atomic E-state index is 11.5. The average molecular weight is 278 g/mol. The summed E-state index contributed by atoms with van der Waals surface area (Å²) in [6, 6.07) is 9.48. The Bertz CT molecular complexity index is 432. The van der Waals surface area contributed by atoms with Crippen LogP contribution < -0.4 is 10.6 Å². The molecule has 0 heterocycles. The van der Waals surface area contributed by atoms with Gasteiger partial charge in [-0.1, -0.05) is 44.2 Å². The van der Waals surface area contributed by atoms with Crippen LogP contribution in [-0.4, -0.2) is 36.1 Å². The number of aliphatic hydroxyl groups is 1. The van der Waals surface area contributed by atoms with Crippen LogP contribution in [0.3, 0.4) is 0 Å². The molecule has 1 aromatic rings. The molecule has 0 aliphatic heterocycles. The minimum Gasteiger partial charge on any atom is -0.391 e. The lowest BCUT2D eigenvalue weighted by Crippen LogP contribution is -2.43. The minimum absolute atomic E-state index is 0.0584. The van der Waals surface area contributed by atoms with Crippen LogP contribution >= 0.6 is 0 Å². The zero-order chi connectivity index (χ0) is 15.0. The largest absolute Gasteiger partial charge is 0.391 e. The van der Waals surface area contributed by atoms with Crippen LogP contribution in [0.1, 0.15) is 19.4 Å². The van der Waals surface area contributed by atoms with Crippen molar-refractivity contribution in [1.29, 1.82) is 0 Å². The van der Waals surface area contributed by atoms with Gasteiger partial charge in [-0.2, -0.15) is 0 Å². The van der Waals surface area contributed by atoms with Gasteiger partial charge in [-0.15, -0.1) is 0 Å². The highest BCUT2D eigenvalue weighted by Crippen LogP contribution is 2.02. The number of rotatable bonds is 6. The molecule has 5 heteroatoms. The lowest BCUT2D eigenvalue weighted by atomic mass is 10.1. The minimum atomic E-state index is -0.710. The zero-order valence-electron chi connectivity index (χ0n) is 11.9. The third-order valence-electron chi connectivity index (χ3n) is 2.69. The van der Waals surface area contributed by atoms with Crippen molar-refractivity contribution in [2.24, 2.45) is 5.92 Å². The maximum Gasteiger partial charge on any atom is 0.309 e. The second-order valence-electron chi connectivity index (χ2n) is 5.16. The van der Waals surface area contributed by atoms with Crippen LogP contribution in [0.15, 0.2) is 30.3 Å². The summed E-state index contributed by atoms with van der Waals surface area (Å²) in [5, 5.41) is 14.8. The topological polar surface area (TPSA) is 78.4 Å². The van der Waals surface area contributed by atoms with Gasteiger partial charge in [0.1, 0.15) is 0 Å². The van der Waals surface area contributed by atoms with Crippen molar-refractivity contribution < 1.29 is 14.7 Å². The molecule has 1 unspecified atom stereocenters. The number of hydrogen-bond donors (Lipinski definition) is 3. The summed E-state index contributed by atoms with van der Waals surface area (Å²) in [6.07, 6.45) is -0.270. The zero-order valence-corrected chi connectivity index (χ0v) is 11.9. The van der Waals surface area contributed by atoms with E-state index in [0.717, 1.165) is 5.56 Å². The standard InChI is InChI=1S/C15H22N2O3/c1-11(2)9-16-14(19)15(20)17-10-13(18)8-12-6-4-3-5-7-12/h3-7,11,13,18H,8-10H2,1-2H3,(H,16,19)(H,17,20). The van der Waals surface area contributed by atoms with E-state index in [1.807, 2.05) is 44.2 Å². The lowest BCUT2D eigenvalue weighted by Gasteiger charge is -2.12. The molecule has 0 aromatic heterocycles. The second-order valence-corrected chi connectivity index (χ2v) is 5.16. The third kappa shape index (κ3) is 6.33. The fourth-order valence-electron chi connectivity index (χ4n) is 1.63. The number of amides is 2. The van der Waals surface area contributed by atoms with Gasteiger partial charge in [-0.3, -0.25) is 9.59 Å². The molecule has 0 fully saturated rings. The summed E-state index contributed by atoms with van der Waals surface area (Å²) >= 11 is 0. The van der Waals surface area contributed by atoms with Crippen molar-refractivity contribution >= 4 is 11.8 Å². The number of carbonyl (C=O) groups is 2. The summed E-state index contributed by atoms with van der Waals surface area (Å²) in [5.74, 6) is -1.08. The van der Waals surface area contributed by atoms with E-state index in [9.17, 15) is 14.7 Å². The van der Waals surface area contributed by atoms with E-state index < -0.39 is 17.9 Å². The van der Waals surface area contributed by atoms with Gasteiger partial charge in [0.05, 0.1) is 6.10 Å². The van der Waals surface area contributed by atoms with Crippen LogP contribution in [0.5, 0.6) is 0 Å². The second kappa shape index (κ2) is 8.32. The third-order valence-corrected chi connectivity index (χ3v) is 2.69. The molecule has 1 rings (SSSR count). The summed E-state index contributed by atoms with van der Waals surface area (Å²) < 4.78 is 0. The van der Waals surface area contributed by atoms with E-state index in [-0.39, 0.29) is 12.5 Å². The number of aliphatic hydroxyl groups excluding tert-OH is 1. The quantitative estimate of drug-likeness (QED) is 0.662. The molecule has 0 saturated heterocycles. The summed E-state index contributed by atoms with van der Waals surface area (Å²) in [4.78, 5) is 22.9. The molecule has 3 N–H and O–H groups in total. The number of hydrogen-bond acceptors (Lipinski definition) is 3. The molecule has 5 nitrogen and oxygen atoms in total. The molecule has 0 spiro atoms. The molecule has 0 aliphatic rings. The van der Waals surface area contributed by atoms with Gasteiger partial charge < -0.3 is 15.7 Å². The lowest BCUT2D eigenvalue weighted by molar-refractivity contribution is -0.139. The predicted molar refractivity (Wildman–Crippen MR) is 77.0 cm³/mol. The van der Waals surface area contributed by atoms with Crippen molar-refractivity contribution in [1.82, 2.24) is 10.6 Å². The Labute approximate surface area is 119 Å². The smallest absolute Gasteiger partial charge is 0.309 e. The highest BCUT2D eigenvalue weighted by atomic mass is 16.3. The van der Waals surface area contributed by atoms with Crippen molar-refractivity contribution in [2.75, 3.05) is 13.1 Å². The molecule has 1 aromatic carbocycles. The van der Waals surface area contributed by atoms with Gasteiger partial charge in [0, 0.05) is 19.5 Å². The van der Waals surface area contributed by atoms with Crippen molar-refractivity contribution in [3.8, 4) is 0 Å². The van der Waals surface area contributed by atoms with Gasteiger partial charge in [0.2, 0.25) is 0 Å². The first-order valence-corrected chi connectivity index (χ1v) is 6.77. The van der Waals surface area contributed by atoms with E-state index in [1.54, 1.807) is 0 Å². The Hall–Kier alpha value is -1.88. The Morgan fingerprint density at radius 3 is 2.15 bits per heavy atom. The molecular weight excluding hydrogens is 256 g/mol. The summed E-state index contributed by atoms with van der Waals surface area (Å²) in [5.41, 5.74) is 0.985. The molecular formula is C15H22N2O3. The average Bonchev–Trinajstić information content (AvgIpc) is 2.43. The molecule has 0 bridgehead atoms. The summed E-state index contributed by atoms with van der Waals surface area (Å²) in [6.45, 7) is 4.41. The van der Waals surface area contributed by atoms with Gasteiger partial charge in [0.25, 0.3) is 0 Å². The van der Waals surface area contributed by atoms with E-state index in [2.05, 4.69) is 10.6 Å². The van der Waals surface area contributed by atoms with Crippen molar-refractivity contribution in [3.05, 3.63) is 35.9 Å². The van der Waals surface area contributed by atoms with Crippen molar-refractivity contribution in [2.45, 2.75) is 26.4 Å². The summed E-state index contributed by atoms with van der Waals surface area (Å²) in [7, 11) is 0. The van der Waals surface area contributed by atoms with E-state index in [1.165, 1.54) is 0 Å². The first-order valence-electron chi connectivity index (χ1n) is 6.77. The van der Waals surface area contributed by atoms with Gasteiger partial charge in [0.15, 0.2) is 0 Å². The molecule has 0 radical (unpaired) electrons. The fraction of sp³-hybridized carbons (Fsp3) is 0.467. The fourth-order valence-corrected chi connectivity index (χ4v) is 1.63. The first kappa shape index (κ1) is 16.2. The van der Waals surface area contributed by atoms with Crippen LogP contribution in [0.4, 0.5) is 0 Å². The van der Waals surface area contributed by atoms with Gasteiger partial charge in [-0.25, -0.2) is 0 Å². The van der Waals surface area contributed by atoms with Gasteiger partial charge in [-0.05, 0) is 11.5 Å². The van der Waals surface area contributed by atoms with Gasteiger partial charge >= 0.3 is 11.8 Å². The molecule has 0 saturated carbocycles. The van der Waals surface area contributed by atoms with Crippen LogP contribution in [-0.2, 0) is 16.0 Å². The molecule has 20 heavy (non-hydrogen) atoms. The SMILES string of the molecule is CC(C)CNC(=O)C(=O)NCC(O)Cc1ccccc1.